The monoisotopic (exact) mass is 389 g/mol. The highest BCUT2D eigenvalue weighted by Crippen LogP contribution is 2.21. The lowest BCUT2D eigenvalue weighted by molar-refractivity contribution is -0.134. The van der Waals surface area contributed by atoms with Crippen LogP contribution < -0.4 is 10.1 Å². The Labute approximate surface area is 161 Å². The number of ether oxygens (including phenoxy) is 1. The van der Waals surface area contributed by atoms with Gasteiger partial charge in [-0.15, -0.1) is 0 Å². The van der Waals surface area contributed by atoms with Crippen molar-refractivity contribution in [2.45, 2.75) is 26.0 Å². The zero-order valence-electron chi connectivity index (χ0n) is 14.6. The number of rotatable bonds is 7. The molecule has 2 aromatic heterocycles. The van der Waals surface area contributed by atoms with Gasteiger partial charge in [-0.2, -0.15) is 16.4 Å². The third kappa shape index (κ3) is 4.65. The van der Waals surface area contributed by atoms with Crippen LogP contribution >= 0.6 is 22.9 Å². The average molecular weight is 390 g/mol. The Hall–Kier alpha value is -2.31. The van der Waals surface area contributed by atoms with E-state index in [1.165, 1.54) is 0 Å². The molecule has 0 spiro atoms. The van der Waals surface area contributed by atoms with E-state index in [1.54, 1.807) is 49.4 Å². The summed E-state index contributed by atoms with van der Waals surface area (Å²) in [4.78, 5) is 12.4. The van der Waals surface area contributed by atoms with Gasteiger partial charge in [-0.1, -0.05) is 11.6 Å². The molecule has 26 heavy (non-hydrogen) atoms. The smallest absolute Gasteiger partial charge is 0.263 e. The van der Waals surface area contributed by atoms with Crippen LogP contribution in [0, 0.1) is 0 Å². The number of hydrogen-bond donors (Lipinski definition) is 1. The summed E-state index contributed by atoms with van der Waals surface area (Å²) >= 11 is 7.51. The van der Waals surface area contributed by atoms with E-state index in [0.717, 1.165) is 11.3 Å². The molecule has 0 aliphatic heterocycles. The van der Waals surface area contributed by atoms with Crippen LogP contribution in [0.25, 0.3) is 11.3 Å². The Kier molecular flexibility index (Phi) is 5.64. The average Bonchev–Trinajstić information content (AvgIpc) is 3.28. The van der Waals surface area contributed by atoms with Crippen molar-refractivity contribution in [1.29, 1.82) is 0 Å². The lowest BCUT2D eigenvalue weighted by Crippen LogP contribution is -2.47. The molecule has 0 atom stereocenters. The van der Waals surface area contributed by atoms with Gasteiger partial charge in [0.15, 0.2) is 5.60 Å². The first-order valence-corrected chi connectivity index (χ1v) is 9.55. The molecular formula is C19H20ClN3O2S. The van der Waals surface area contributed by atoms with Crippen molar-refractivity contribution in [3.8, 4) is 17.0 Å². The van der Waals surface area contributed by atoms with Gasteiger partial charge in [0.25, 0.3) is 5.91 Å². The number of thiophene rings is 1. The maximum Gasteiger partial charge on any atom is 0.263 e. The van der Waals surface area contributed by atoms with Crippen molar-refractivity contribution < 1.29 is 9.53 Å². The number of carbonyl (C=O) groups is 1. The first-order valence-electron chi connectivity index (χ1n) is 8.23. The molecule has 0 unspecified atom stereocenters. The molecule has 3 rings (SSSR count). The molecule has 5 nitrogen and oxygen atoms in total. The summed E-state index contributed by atoms with van der Waals surface area (Å²) in [7, 11) is 0. The number of amides is 1. The normalized spacial score (nSPS) is 11.3. The number of halogens is 1. The summed E-state index contributed by atoms with van der Waals surface area (Å²) in [6, 6.07) is 11.0. The molecule has 1 amide bonds. The third-order valence-corrected chi connectivity index (χ3v) is 4.75. The molecule has 0 saturated heterocycles. The summed E-state index contributed by atoms with van der Waals surface area (Å²) in [5, 5.41) is 12.1. The van der Waals surface area contributed by atoms with Crippen LogP contribution in [0.3, 0.4) is 0 Å². The Morgan fingerprint density at radius 1 is 1.27 bits per heavy atom. The van der Waals surface area contributed by atoms with Gasteiger partial charge < -0.3 is 10.1 Å². The van der Waals surface area contributed by atoms with E-state index >= 15 is 0 Å². The minimum atomic E-state index is -0.986. The minimum absolute atomic E-state index is 0.183. The fourth-order valence-electron chi connectivity index (χ4n) is 2.39. The lowest BCUT2D eigenvalue weighted by Gasteiger charge is -2.25. The van der Waals surface area contributed by atoms with Crippen molar-refractivity contribution in [3.05, 3.63) is 58.4 Å². The van der Waals surface area contributed by atoms with Crippen LogP contribution in [0.2, 0.25) is 5.02 Å². The van der Waals surface area contributed by atoms with Crippen molar-refractivity contribution in [2.24, 2.45) is 0 Å². The van der Waals surface area contributed by atoms with E-state index < -0.39 is 5.60 Å². The Morgan fingerprint density at radius 3 is 2.73 bits per heavy atom. The Morgan fingerprint density at radius 2 is 2.04 bits per heavy atom. The summed E-state index contributed by atoms with van der Waals surface area (Å²) in [5.41, 5.74) is 1.05. The van der Waals surface area contributed by atoms with E-state index in [0.29, 0.717) is 23.9 Å². The molecule has 0 fully saturated rings. The molecule has 136 valence electrons. The van der Waals surface area contributed by atoms with Crippen LogP contribution in [-0.2, 0) is 11.3 Å². The zero-order valence-corrected chi connectivity index (χ0v) is 16.2. The standard InChI is InChI=1S/C19H20ClN3O2S/c1-19(2,25-16-5-3-15(20)4-6-16)18(24)21-9-11-23-10-7-17(22-23)14-8-12-26-13-14/h3-8,10,12-13H,9,11H2,1-2H3,(H,21,24). The van der Waals surface area contributed by atoms with Crippen molar-refractivity contribution in [2.75, 3.05) is 6.54 Å². The van der Waals surface area contributed by atoms with E-state index in [4.69, 9.17) is 16.3 Å². The van der Waals surface area contributed by atoms with Gasteiger partial charge >= 0.3 is 0 Å². The first kappa shape index (κ1) is 18.5. The van der Waals surface area contributed by atoms with Gasteiger partial charge in [0.1, 0.15) is 5.75 Å². The number of carbonyl (C=O) groups excluding carboxylic acids is 1. The van der Waals surface area contributed by atoms with Crippen molar-refractivity contribution in [1.82, 2.24) is 15.1 Å². The Bertz CT molecular complexity index is 857. The van der Waals surface area contributed by atoms with Gasteiger partial charge in [-0.3, -0.25) is 9.48 Å². The Balaban J connectivity index is 1.50. The SMILES string of the molecule is CC(C)(Oc1ccc(Cl)cc1)C(=O)NCCn1ccc(-c2ccsc2)n1. The quantitative estimate of drug-likeness (QED) is 0.657. The van der Waals surface area contributed by atoms with Gasteiger partial charge in [0.05, 0.1) is 12.2 Å². The van der Waals surface area contributed by atoms with Gasteiger partial charge in [0, 0.05) is 28.7 Å². The summed E-state index contributed by atoms with van der Waals surface area (Å²) in [6.07, 6.45) is 1.91. The fourth-order valence-corrected chi connectivity index (χ4v) is 3.17. The van der Waals surface area contributed by atoms with E-state index in [-0.39, 0.29) is 5.91 Å². The third-order valence-electron chi connectivity index (χ3n) is 3.82. The molecule has 2 heterocycles. The van der Waals surface area contributed by atoms with Crippen LogP contribution in [0.15, 0.2) is 53.4 Å². The summed E-state index contributed by atoms with van der Waals surface area (Å²) < 4.78 is 7.60. The first-order chi connectivity index (χ1) is 12.4. The van der Waals surface area contributed by atoms with Crippen molar-refractivity contribution >= 4 is 28.8 Å². The largest absolute Gasteiger partial charge is 0.478 e. The lowest BCUT2D eigenvalue weighted by atomic mass is 10.1. The maximum absolute atomic E-state index is 12.4. The van der Waals surface area contributed by atoms with E-state index in [2.05, 4.69) is 15.8 Å². The second kappa shape index (κ2) is 7.93. The van der Waals surface area contributed by atoms with Gasteiger partial charge in [-0.25, -0.2) is 0 Å². The van der Waals surface area contributed by atoms with Crippen molar-refractivity contribution in [3.63, 3.8) is 0 Å². The van der Waals surface area contributed by atoms with E-state index in [9.17, 15) is 4.79 Å². The molecule has 0 aliphatic carbocycles. The maximum atomic E-state index is 12.4. The van der Waals surface area contributed by atoms with Crippen LogP contribution in [-0.4, -0.2) is 27.8 Å². The number of nitrogens with one attached hydrogen (secondary N) is 1. The van der Waals surface area contributed by atoms with Gasteiger partial charge in [0.2, 0.25) is 0 Å². The van der Waals surface area contributed by atoms with E-state index in [1.807, 2.05) is 28.4 Å². The number of aromatic nitrogens is 2. The topological polar surface area (TPSA) is 56.1 Å². The molecule has 3 aromatic rings. The summed E-state index contributed by atoms with van der Waals surface area (Å²) in [6.45, 7) is 4.53. The number of benzene rings is 1. The predicted octanol–water partition coefficient (Wildman–Crippen LogP) is 4.24. The fraction of sp³-hybridized carbons (Fsp3) is 0.263. The van der Waals surface area contributed by atoms with Gasteiger partial charge in [-0.05, 0) is 55.6 Å². The highest BCUT2D eigenvalue weighted by molar-refractivity contribution is 7.08. The van der Waals surface area contributed by atoms with Crippen LogP contribution in [0.5, 0.6) is 5.75 Å². The molecule has 0 saturated carbocycles. The second-order valence-corrected chi connectivity index (χ2v) is 7.51. The molecule has 1 N–H and O–H groups in total. The van der Waals surface area contributed by atoms with Crippen LogP contribution in [0.1, 0.15) is 13.8 Å². The predicted molar refractivity (Wildman–Crippen MR) is 105 cm³/mol. The number of nitrogens with zero attached hydrogens (tertiary/aromatic N) is 2. The minimum Gasteiger partial charge on any atom is -0.478 e. The number of hydrogen-bond acceptors (Lipinski definition) is 4. The summed E-state index contributed by atoms with van der Waals surface area (Å²) in [5.74, 6) is 0.416. The highest BCUT2D eigenvalue weighted by Gasteiger charge is 2.29. The molecule has 0 aliphatic rings. The highest BCUT2D eigenvalue weighted by atomic mass is 35.5. The molecule has 1 aromatic carbocycles. The molecular weight excluding hydrogens is 370 g/mol. The molecule has 0 radical (unpaired) electrons. The molecule has 0 bridgehead atoms. The van der Waals surface area contributed by atoms with Crippen LogP contribution in [0.4, 0.5) is 0 Å². The second-order valence-electron chi connectivity index (χ2n) is 6.30. The molecule has 7 heteroatoms. The zero-order chi connectivity index (χ0) is 18.6.